The molecule has 1 N–H and O–H groups in total. The molecular formula is C17H23NO2. The first-order chi connectivity index (χ1) is 9.81. The Morgan fingerprint density at radius 2 is 2.15 bits per heavy atom. The summed E-state index contributed by atoms with van der Waals surface area (Å²) in [6, 6.07) is 8.38. The SMILES string of the molecule is CCC1CN(Cc2ccc(C#CCCO)cc2)CCO1. The Bertz CT molecular complexity index is 458. The molecule has 1 aliphatic rings. The lowest BCUT2D eigenvalue weighted by Crippen LogP contribution is -2.41. The third kappa shape index (κ3) is 4.64. The van der Waals surface area contributed by atoms with Crippen molar-refractivity contribution in [3.8, 4) is 11.8 Å². The van der Waals surface area contributed by atoms with Crippen molar-refractivity contribution in [2.45, 2.75) is 32.4 Å². The average molecular weight is 273 g/mol. The first kappa shape index (κ1) is 15.1. The lowest BCUT2D eigenvalue weighted by atomic mass is 10.1. The van der Waals surface area contributed by atoms with Crippen LogP contribution in [0.3, 0.4) is 0 Å². The summed E-state index contributed by atoms with van der Waals surface area (Å²) in [7, 11) is 0. The Hall–Kier alpha value is -1.34. The first-order valence-corrected chi connectivity index (χ1v) is 7.34. The summed E-state index contributed by atoms with van der Waals surface area (Å²) in [5, 5.41) is 8.69. The highest BCUT2D eigenvalue weighted by Crippen LogP contribution is 2.13. The summed E-state index contributed by atoms with van der Waals surface area (Å²) < 4.78 is 5.69. The molecule has 2 rings (SSSR count). The molecule has 108 valence electrons. The number of aliphatic hydroxyl groups is 1. The number of hydrogen-bond acceptors (Lipinski definition) is 3. The minimum Gasteiger partial charge on any atom is -0.395 e. The summed E-state index contributed by atoms with van der Waals surface area (Å²) in [6.45, 7) is 6.14. The van der Waals surface area contributed by atoms with E-state index in [2.05, 4.69) is 47.9 Å². The maximum atomic E-state index is 8.69. The zero-order valence-electron chi connectivity index (χ0n) is 12.1. The molecule has 0 radical (unpaired) electrons. The summed E-state index contributed by atoms with van der Waals surface area (Å²) in [4.78, 5) is 2.45. The van der Waals surface area contributed by atoms with Crippen molar-refractivity contribution in [3.05, 3.63) is 35.4 Å². The van der Waals surface area contributed by atoms with Crippen LogP contribution in [0.1, 0.15) is 30.9 Å². The predicted octanol–water partition coefficient (Wildman–Crippen LogP) is 2.03. The minimum absolute atomic E-state index is 0.126. The fourth-order valence-electron chi connectivity index (χ4n) is 2.34. The van der Waals surface area contributed by atoms with E-state index in [4.69, 9.17) is 9.84 Å². The first-order valence-electron chi connectivity index (χ1n) is 7.34. The van der Waals surface area contributed by atoms with E-state index in [-0.39, 0.29) is 6.61 Å². The van der Waals surface area contributed by atoms with Gasteiger partial charge in [0.2, 0.25) is 0 Å². The van der Waals surface area contributed by atoms with Crippen molar-refractivity contribution >= 4 is 0 Å². The van der Waals surface area contributed by atoms with E-state index in [1.807, 2.05) is 0 Å². The molecule has 0 aliphatic carbocycles. The Morgan fingerprint density at radius 3 is 2.85 bits per heavy atom. The Morgan fingerprint density at radius 1 is 1.35 bits per heavy atom. The van der Waals surface area contributed by atoms with Gasteiger partial charge >= 0.3 is 0 Å². The topological polar surface area (TPSA) is 32.7 Å². The molecule has 0 bridgehead atoms. The minimum atomic E-state index is 0.126. The molecule has 3 nitrogen and oxygen atoms in total. The maximum Gasteiger partial charge on any atom is 0.0700 e. The summed E-state index contributed by atoms with van der Waals surface area (Å²) in [5.74, 6) is 5.99. The van der Waals surface area contributed by atoms with Crippen molar-refractivity contribution in [1.82, 2.24) is 4.90 Å². The lowest BCUT2D eigenvalue weighted by Gasteiger charge is -2.32. The van der Waals surface area contributed by atoms with E-state index in [9.17, 15) is 0 Å². The molecule has 1 heterocycles. The van der Waals surface area contributed by atoms with Crippen LogP contribution >= 0.6 is 0 Å². The number of rotatable bonds is 4. The molecule has 0 spiro atoms. The second-order valence-corrected chi connectivity index (χ2v) is 5.11. The second-order valence-electron chi connectivity index (χ2n) is 5.11. The van der Waals surface area contributed by atoms with Gasteiger partial charge in [-0.25, -0.2) is 0 Å². The fourth-order valence-corrected chi connectivity index (χ4v) is 2.34. The molecule has 1 atom stereocenters. The highest BCUT2D eigenvalue weighted by molar-refractivity contribution is 5.36. The zero-order chi connectivity index (χ0) is 14.2. The average Bonchev–Trinajstić information content (AvgIpc) is 2.49. The van der Waals surface area contributed by atoms with Gasteiger partial charge in [0.1, 0.15) is 0 Å². The number of hydrogen-bond donors (Lipinski definition) is 1. The van der Waals surface area contributed by atoms with Gasteiger partial charge in [0.15, 0.2) is 0 Å². The van der Waals surface area contributed by atoms with Crippen LogP contribution in [0.5, 0.6) is 0 Å². The quantitative estimate of drug-likeness (QED) is 0.852. The van der Waals surface area contributed by atoms with E-state index in [0.717, 1.165) is 38.2 Å². The molecule has 1 aromatic rings. The monoisotopic (exact) mass is 273 g/mol. The van der Waals surface area contributed by atoms with Gasteiger partial charge in [-0.1, -0.05) is 30.9 Å². The molecular weight excluding hydrogens is 250 g/mol. The van der Waals surface area contributed by atoms with E-state index >= 15 is 0 Å². The Kier molecular flexibility index (Phi) is 6.07. The van der Waals surface area contributed by atoms with Crippen LogP contribution in [-0.2, 0) is 11.3 Å². The number of nitrogens with zero attached hydrogens (tertiary/aromatic N) is 1. The third-order valence-electron chi connectivity index (χ3n) is 3.51. The summed E-state index contributed by atoms with van der Waals surface area (Å²) in [5.41, 5.74) is 2.32. The Labute approximate surface area is 121 Å². The van der Waals surface area contributed by atoms with E-state index in [0.29, 0.717) is 12.5 Å². The van der Waals surface area contributed by atoms with Crippen molar-refractivity contribution in [2.75, 3.05) is 26.3 Å². The summed E-state index contributed by atoms with van der Waals surface area (Å²) >= 11 is 0. The molecule has 1 saturated heterocycles. The van der Waals surface area contributed by atoms with Crippen LogP contribution in [0, 0.1) is 11.8 Å². The van der Waals surface area contributed by atoms with Crippen LogP contribution < -0.4 is 0 Å². The normalized spacial score (nSPS) is 19.4. The maximum absolute atomic E-state index is 8.69. The van der Waals surface area contributed by atoms with E-state index in [1.165, 1.54) is 5.56 Å². The molecule has 20 heavy (non-hydrogen) atoms. The molecule has 1 aliphatic heterocycles. The van der Waals surface area contributed by atoms with E-state index in [1.54, 1.807) is 0 Å². The van der Waals surface area contributed by atoms with Gasteiger partial charge in [-0.3, -0.25) is 4.90 Å². The van der Waals surface area contributed by atoms with E-state index < -0.39 is 0 Å². The number of aliphatic hydroxyl groups excluding tert-OH is 1. The lowest BCUT2D eigenvalue weighted by molar-refractivity contribution is -0.0324. The highest BCUT2D eigenvalue weighted by Gasteiger charge is 2.18. The number of benzene rings is 1. The van der Waals surface area contributed by atoms with Gasteiger partial charge in [0.25, 0.3) is 0 Å². The van der Waals surface area contributed by atoms with Gasteiger partial charge < -0.3 is 9.84 Å². The van der Waals surface area contributed by atoms with Gasteiger partial charge in [-0.2, -0.15) is 0 Å². The van der Waals surface area contributed by atoms with Crippen molar-refractivity contribution in [3.63, 3.8) is 0 Å². The third-order valence-corrected chi connectivity index (χ3v) is 3.51. The van der Waals surface area contributed by atoms with Gasteiger partial charge in [0, 0.05) is 31.6 Å². The molecule has 1 unspecified atom stereocenters. The smallest absolute Gasteiger partial charge is 0.0700 e. The van der Waals surface area contributed by atoms with Crippen LogP contribution in [0.2, 0.25) is 0 Å². The molecule has 0 amide bonds. The van der Waals surface area contributed by atoms with Crippen molar-refractivity contribution in [2.24, 2.45) is 0 Å². The zero-order valence-corrected chi connectivity index (χ0v) is 12.1. The van der Waals surface area contributed by atoms with Crippen molar-refractivity contribution < 1.29 is 9.84 Å². The molecule has 1 aromatic carbocycles. The number of ether oxygens (including phenoxy) is 1. The van der Waals surface area contributed by atoms with Gasteiger partial charge in [-0.15, -0.1) is 0 Å². The number of morpholine rings is 1. The highest BCUT2D eigenvalue weighted by atomic mass is 16.5. The van der Waals surface area contributed by atoms with Crippen LogP contribution in [0.4, 0.5) is 0 Å². The van der Waals surface area contributed by atoms with Gasteiger partial charge in [-0.05, 0) is 24.1 Å². The fraction of sp³-hybridized carbons (Fsp3) is 0.529. The molecule has 0 saturated carbocycles. The molecule has 1 fully saturated rings. The standard InChI is InChI=1S/C17H23NO2/c1-2-17-14-18(10-12-20-17)13-16-8-6-15(7-9-16)5-3-4-11-19/h6-9,17,19H,2,4,10-14H2,1H3. The summed E-state index contributed by atoms with van der Waals surface area (Å²) in [6.07, 6.45) is 2.00. The predicted molar refractivity (Wildman–Crippen MR) is 80.3 cm³/mol. The largest absolute Gasteiger partial charge is 0.395 e. The Balaban J connectivity index is 1.89. The molecule has 3 heteroatoms. The van der Waals surface area contributed by atoms with Gasteiger partial charge in [0.05, 0.1) is 19.3 Å². The van der Waals surface area contributed by atoms with Crippen LogP contribution in [0.25, 0.3) is 0 Å². The van der Waals surface area contributed by atoms with Crippen LogP contribution in [-0.4, -0.2) is 42.4 Å². The van der Waals surface area contributed by atoms with Crippen molar-refractivity contribution in [1.29, 1.82) is 0 Å². The molecule has 0 aromatic heterocycles. The second kappa shape index (κ2) is 8.06. The van der Waals surface area contributed by atoms with Crippen LogP contribution in [0.15, 0.2) is 24.3 Å².